The number of rotatable bonds is 4. The molecule has 0 spiro atoms. The van der Waals surface area contributed by atoms with Gasteiger partial charge in [-0.2, -0.15) is 0 Å². The molecule has 0 radical (unpaired) electrons. The van der Waals surface area contributed by atoms with Crippen LogP contribution in [0.15, 0.2) is 21.5 Å². The van der Waals surface area contributed by atoms with Crippen LogP contribution < -0.4 is 4.72 Å². The maximum atomic E-state index is 12.1. The van der Waals surface area contributed by atoms with Gasteiger partial charge in [0.2, 0.25) is 10.0 Å². The van der Waals surface area contributed by atoms with Gasteiger partial charge in [0, 0.05) is 16.4 Å². The number of hydrogen-bond donors (Lipinski definition) is 1. The van der Waals surface area contributed by atoms with Crippen molar-refractivity contribution in [3.8, 4) is 0 Å². The Hall–Kier alpha value is -0.100. The second-order valence-electron chi connectivity index (χ2n) is 4.23. The van der Waals surface area contributed by atoms with Gasteiger partial charge < -0.3 is 0 Å². The van der Waals surface area contributed by atoms with Gasteiger partial charge in [-0.3, -0.25) is 0 Å². The highest BCUT2D eigenvalue weighted by atomic mass is 79.9. The summed E-state index contributed by atoms with van der Waals surface area (Å²) in [6.45, 7) is 1.78. The van der Waals surface area contributed by atoms with E-state index in [0.29, 0.717) is 16.3 Å². The fourth-order valence-corrected chi connectivity index (χ4v) is 3.96. The lowest BCUT2D eigenvalue weighted by molar-refractivity contribution is 0.580. The molecule has 1 aliphatic carbocycles. The molecular formula is C11H13BrClNO2S. The number of benzene rings is 1. The minimum Gasteiger partial charge on any atom is -0.208 e. The van der Waals surface area contributed by atoms with E-state index in [1.165, 1.54) is 0 Å². The van der Waals surface area contributed by atoms with E-state index < -0.39 is 10.0 Å². The molecule has 1 N–H and O–H groups in total. The summed E-state index contributed by atoms with van der Waals surface area (Å²) in [4.78, 5) is 0.314. The lowest BCUT2D eigenvalue weighted by atomic mass is 10.2. The Morgan fingerprint density at radius 1 is 1.47 bits per heavy atom. The molecule has 3 nitrogen and oxygen atoms in total. The molecule has 2 rings (SSSR count). The zero-order valence-corrected chi connectivity index (χ0v) is 12.5. The van der Waals surface area contributed by atoms with E-state index in [-0.39, 0.29) is 6.04 Å². The van der Waals surface area contributed by atoms with Gasteiger partial charge in [-0.25, -0.2) is 13.1 Å². The van der Waals surface area contributed by atoms with Crippen LogP contribution in [-0.4, -0.2) is 14.5 Å². The van der Waals surface area contributed by atoms with Crippen molar-refractivity contribution in [2.24, 2.45) is 0 Å². The number of hydrogen-bond acceptors (Lipinski definition) is 2. The SMILES string of the molecule is Cc1c(Br)cc(CCl)cc1S(=O)(=O)NC1CC1. The molecule has 0 atom stereocenters. The number of nitrogens with one attached hydrogen (secondary N) is 1. The third-order valence-electron chi connectivity index (χ3n) is 2.70. The molecule has 0 saturated heterocycles. The third-order valence-corrected chi connectivity index (χ3v) is 5.48. The summed E-state index contributed by atoms with van der Waals surface area (Å²) < 4.78 is 27.7. The van der Waals surface area contributed by atoms with Crippen LogP contribution in [0.1, 0.15) is 24.0 Å². The van der Waals surface area contributed by atoms with Gasteiger partial charge in [-0.1, -0.05) is 15.9 Å². The molecule has 94 valence electrons. The zero-order chi connectivity index (χ0) is 12.6. The summed E-state index contributed by atoms with van der Waals surface area (Å²) in [6, 6.07) is 3.59. The van der Waals surface area contributed by atoms with Crippen molar-refractivity contribution in [1.82, 2.24) is 4.72 Å². The summed E-state index contributed by atoms with van der Waals surface area (Å²) in [7, 11) is -3.42. The van der Waals surface area contributed by atoms with E-state index in [1.807, 2.05) is 6.07 Å². The minimum atomic E-state index is -3.42. The lowest BCUT2D eigenvalue weighted by Crippen LogP contribution is -2.26. The average molecular weight is 339 g/mol. The Bertz CT molecular complexity index is 541. The fourth-order valence-electron chi connectivity index (χ4n) is 1.55. The molecule has 0 aromatic heterocycles. The molecule has 0 heterocycles. The van der Waals surface area contributed by atoms with Crippen molar-refractivity contribution in [2.45, 2.75) is 36.6 Å². The first-order chi connectivity index (χ1) is 7.94. The molecular weight excluding hydrogens is 326 g/mol. The van der Waals surface area contributed by atoms with Crippen LogP contribution in [-0.2, 0) is 15.9 Å². The molecule has 1 saturated carbocycles. The van der Waals surface area contributed by atoms with Crippen molar-refractivity contribution >= 4 is 37.6 Å². The Balaban J connectivity index is 2.45. The van der Waals surface area contributed by atoms with Crippen molar-refractivity contribution in [1.29, 1.82) is 0 Å². The first kappa shape index (κ1) is 13.3. The molecule has 1 aromatic carbocycles. The van der Waals surface area contributed by atoms with E-state index in [1.54, 1.807) is 13.0 Å². The Morgan fingerprint density at radius 2 is 2.12 bits per heavy atom. The fraction of sp³-hybridized carbons (Fsp3) is 0.455. The van der Waals surface area contributed by atoms with Crippen molar-refractivity contribution in [3.63, 3.8) is 0 Å². The van der Waals surface area contributed by atoms with Gasteiger partial charge in [0.15, 0.2) is 0 Å². The van der Waals surface area contributed by atoms with Crippen LogP contribution in [0.5, 0.6) is 0 Å². The smallest absolute Gasteiger partial charge is 0.208 e. The second-order valence-corrected chi connectivity index (χ2v) is 7.03. The van der Waals surface area contributed by atoms with E-state index >= 15 is 0 Å². The van der Waals surface area contributed by atoms with Crippen LogP contribution in [0.4, 0.5) is 0 Å². The molecule has 0 bridgehead atoms. The molecule has 1 aromatic rings. The molecule has 17 heavy (non-hydrogen) atoms. The molecule has 0 unspecified atom stereocenters. The summed E-state index contributed by atoms with van der Waals surface area (Å²) >= 11 is 9.12. The number of alkyl halides is 1. The summed E-state index contributed by atoms with van der Waals surface area (Å²) in [5.74, 6) is 0.296. The Morgan fingerprint density at radius 3 is 2.65 bits per heavy atom. The summed E-state index contributed by atoms with van der Waals surface area (Å²) in [5.41, 5.74) is 1.51. The maximum absolute atomic E-state index is 12.1. The van der Waals surface area contributed by atoms with Gasteiger partial charge in [0.05, 0.1) is 4.90 Å². The Labute approximate surface area is 115 Å². The maximum Gasteiger partial charge on any atom is 0.241 e. The average Bonchev–Trinajstić information content (AvgIpc) is 3.04. The van der Waals surface area contributed by atoms with Gasteiger partial charge in [0.25, 0.3) is 0 Å². The highest BCUT2D eigenvalue weighted by Gasteiger charge is 2.29. The van der Waals surface area contributed by atoms with E-state index in [4.69, 9.17) is 11.6 Å². The molecule has 1 fully saturated rings. The van der Waals surface area contributed by atoms with Gasteiger partial charge >= 0.3 is 0 Å². The third kappa shape index (κ3) is 3.02. The van der Waals surface area contributed by atoms with Crippen LogP contribution in [0, 0.1) is 6.92 Å². The summed E-state index contributed by atoms with van der Waals surface area (Å²) in [5, 5.41) is 0. The number of sulfonamides is 1. The van der Waals surface area contributed by atoms with Crippen molar-refractivity contribution in [2.75, 3.05) is 0 Å². The lowest BCUT2D eigenvalue weighted by Gasteiger charge is -2.11. The van der Waals surface area contributed by atoms with Gasteiger partial charge in [-0.15, -0.1) is 11.6 Å². The normalized spacial score (nSPS) is 16.2. The van der Waals surface area contributed by atoms with Crippen LogP contribution in [0.2, 0.25) is 0 Å². The second kappa shape index (κ2) is 4.88. The van der Waals surface area contributed by atoms with Crippen LogP contribution >= 0.6 is 27.5 Å². The number of halogens is 2. The zero-order valence-electron chi connectivity index (χ0n) is 9.33. The van der Waals surface area contributed by atoms with Crippen LogP contribution in [0.3, 0.4) is 0 Å². The largest absolute Gasteiger partial charge is 0.241 e. The topological polar surface area (TPSA) is 46.2 Å². The first-order valence-corrected chi connectivity index (χ1v) is 8.12. The highest BCUT2D eigenvalue weighted by molar-refractivity contribution is 9.10. The minimum absolute atomic E-state index is 0.109. The molecule has 0 amide bonds. The predicted octanol–water partition coefficient (Wildman–Crippen LogP) is 2.94. The quantitative estimate of drug-likeness (QED) is 0.858. The van der Waals surface area contributed by atoms with E-state index in [0.717, 1.165) is 22.9 Å². The molecule has 1 aliphatic rings. The van der Waals surface area contributed by atoms with Gasteiger partial charge in [0.1, 0.15) is 0 Å². The van der Waals surface area contributed by atoms with Crippen molar-refractivity contribution in [3.05, 3.63) is 27.7 Å². The monoisotopic (exact) mass is 337 g/mol. The predicted molar refractivity (Wildman–Crippen MR) is 71.8 cm³/mol. The van der Waals surface area contributed by atoms with E-state index in [2.05, 4.69) is 20.7 Å². The first-order valence-electron chi connectivity index (χ1n) is 5.31. The van der Waals surface area contributed by atoms with E-state index in [9.17, 15) is 8.42 Å². The summed E-state index contributed by atoms with van der Waals surface area (Å²) in [6.07, 6.45) is 1.85. The Kier molecular flexibility index (Phi) is 3.83. The standard InChI is InChI=1S/C11H13BrClNO2S/c1-7-10(12)4-8(6-13)5-11(7)17(15,16)14-9-2-3-9/h4-5,9,14H,2-3,6H2,1H3. The van der Waals surface area contributed by atoms with Crippen molar-refractivity contribution < 1.29 is 8.42 Å². The molecule has 6 heteroatoms. The highest BCUT2D eigenvalue weighted by Crippen LogP contribution is 2.28. The van der Waals surface area contributed by atoms with Crippen LogP contribution in [0.25, 0.3) is 0 Å². The van der Waals surface area contributed by atoms with Gasteiger partial charge in [-0.05, 0) is 43.0 Å². The molecule has 0 aliphatic heterocycles.